The van der Waals surface area contributed by atoms with Crippen LogP contribution in [0.1, 0.15) is 29.5 Å². The number of halogens is 1. The van der Waals surface area contributed by atoms with Crippen molar-refractivity contribution in [2.24, 2.45) is 0 Å². The third-order valence-electron chi connectivity index (χ3n) is 5.31. The Bertz CT molecular complexity index is 765. The van der Waals surface area contributed by atoms with Crippen molar-refractivity contribution >= 4 is 5.91 Å². The molecule has 0 spiro atoms. The number of rotatable bonds is 6. The molecule has 1 saturated heterocycles. The van der Waals surface area contributed by atoms with Crippen molar-refractivity contribution in [2.75, 3.05) is 26.2 Å². The molecular formula is C20H27FN4O2. The first-order valence-corrected chi connectivity index (χ1v) is 9.35. The van der Waals surface area contributed by atoms with Crippen molar-refractivity contribution < 1.29 is 13.7 Å². The van der Waals surface area contributed by atoms with Crippen molar-refractivity contribution in [3.63, 3.8) is 0 Å². The van der Waals surface area contributed by atoms with Gasteiger partial charge in [-0.3, -0.25) is 14.6 Å². The molecule has 27 heavy (non-hydrogen) atoms. The predicted octanol–water partition coefficient (Wildman–Crippen LogP) is 2.25. The molecule has 1 fully saturated rings. The third kappa shape index (κ3) is 4.73. The number of carbonyl (C=O) groups is 1. The Kier molecular flexibility index (Phi) is 6.23. The van der Waals surface area contributed by atoms with Crippen LogP contribution in [0.15, 0.2) is 28.8 Å². The summed E-state index contributed by atoms with van der Waals surface area (Å²) in [5.41, 5.74) is 2.59. The first-order valence-electron chi connectivity index (χ1n) is 9.35. The predicted molar refractivity (Wildman–Crippen MR) is 101 cm³/mol. The minimum atomic E-state index is -0.293. The van der Waals surface area contributed by atoms with Gasteiger partial charge >= 0.3 is 0 Å². The molecule has 1 aromatic carbocycles. The lowest BCUT2D eigenvalue weighted by atomic mass is 10.1. The van der Waals surface area contributed by atoms with Crippen LogP contribution in [0.4, 0.5) is 4.39 Å². The van der Waals surface area contributed by atoms with Crippen LogP contribution in [0.2, 0.25) is 0 Å². The van der Waals surface area contributed by atoms with Gasteiger partial charge in [0.2, 0.25) is 5.91 Å². The smallest absolute Gasteiger partial charge is 0.237 e. The van der Waals surface area contributed by atoms with Gasteiger partial charge in [-0.15, -0.1) is 0 Å². The van der Waals surface area contributed by atoms with Crippen LogP contribution in [0, 0.1) is 19.7 Å². The van der Waals surface area contributed by atoms with Crippen molar-refractivity contribution in [2.45, 2.75) is 39.9 Å². The fraction of sp³-hybridized carbons (Fsp3) is 0.500. The molecule has 1 aliphatic heterocycles. The number of carbonyl (C=O) groups excluding carboxylic acids is 1. The Balaban J connectivity index is 1.47. The average molecular weight is 374 g/mol. The summed E-state index contributed by atoms with van der Waals surface area (Å²) < 4.78 is 18.9. The van der Waals surface area contributed by atoms with Crippen LogP contribution < -0.4 is 5.32 Å². The molecule has 1 amide bonds. The zero-order valence-electron chi connectivity index (χ0n) is 16.2. The highest BCUT2D eigenvalue weighted by molar-refractivity contribution is 5.81. The second-order valence-electron chi connectivity index (χ2n) is 7.10. The van der Waals surface area contributed by atoms with Gasteiger partial charge < -0.3 is 9.84 Å². The second kappa shape index (κ2) is 8.63. The number of amides is 1. The van der Waals surface area contributed by atoms with Crippen LogP contribution in [-0.2, 0) is 17.9 Å². The number of aromatic nitrogens is 1. The highest BCUT2D eigenvalue weighted by Gasteiger charge is 2.26. The molecule has 1 aromatic heterocycles. The summed E-state index contributed by atoms with van der Waals surface area (Å²) in [5, 5.41) is 6.85. The monoisotopic (exact) mass is 374 g/mol. The normalized spacial score (nSPS) is 17.0. The number of hydrogen-bond donors (Lipinski definition) is 1. The Hall–Kier alpha value is -2.25. The molecule has 1 N–H and O–H groups in total. The largest absolute Gasteiger partial charge is 0.361 e. The molecule has 1 aliphatic rings. The fourth-order valence-corrected chi connectivity index (χ4v) is 3.40. The number of aryl methyl sites for hydroxylation is 2. The molecule has 1 atom stereocenters. The SMILES string of the molecule is Cc1noc(C)c1CN1CCN(C(C)C(=O)NCc2ccccc2F)CC1. The van der Waals surface area contributed by atoms with E-state index in [9.17, 15) is 9.18 Å². The summed E-state index contributed by atoms with van der Waals surface area (Å²) in [5.74, 6) is 0.506. The van der Waals surface area contributed by atoms with E-state index in [2.05, 4.69) is 20.3 Å². The quantitative estimate of drug-likeness (QED) is 0.840. The van der Waals surface area contributed by atoms with Gasteiger partial charge in [-0.1, -0.05) is 23.4 Å². The van der Waals surface area contributed by atoms with E-state index in [-0.39, 0.29) is 24.3 Å². The Morgan fingerprint density at radius 2 is 1.96 bits per heavy atom. The maximum absolute atomic E-state index is 13.7. The number of piperazine rings is 1. The lowest BCUT2D eigenvalue weighted by molar-refractivity contribution is -0.126. The van der Waals surface area contributed by atoms with Crippen LogP contribution in [-0.4, -0.2) is 53.1 Å². The van der Waals surface area contributed by atoms with Gasteiger partial charge in [0.05, 0.1) is 11.7 Å². The molecule has 0 aliphatic carbocycles. The van der Waals surface area contributed by atoms with Gasteiger partial charge in [0.15, 0.2) is 0 Å². The van der Waals surface area contributed by atoms with E-state index in [1.54, 1.807) is 18.2 Å². The zero-order chi connectivity index (χ0) is 19.4. The molecule has 6 nitrogen and oxygen atoms in total. The molecule has 1 unspecified atom stereocenters. The minimum absolute atomic E-state index is 0.0718. The first-order chi connectivity index (χ1) is 13.0. The summed E-state index contributed by atoms with van der Waals surface area (Å²) in [6, 6.07) is 6.27. The third-order valence-corrected chi connectivity index (χ3v) is 5.31. The van der Waals surface area contributed by atoms with Crippen LogP contribution in [0.5, 0.6) is 0 Å². The fourth-order valence-electron chi connectivity index (χ4n) is 3.40. The van der Waals surface area contributed by atoms with Crippen molar-refractivity contribution in [1.82, 2.24) is 20.3 Å². The lowest BCUT2D eigenvalue weighted by Crippen LogP contribution is -2.53. The Morgan fingerprint density at radius 1 is 1.26 bits per heavy atom. The average Bonchev–Trinajstić information content (AvgIpc) is 2.99. The maximum atomic E-state index is 13.7. The van der Waals surface area contributed by atoms with Crippen molar-refractivity contribution in [1.29, 1.82) is 0 Å². The van der Waals surface area contributed by atoms with E-state index in [1.807, 2.05) is 20.8 Å². The number of benzene rings is 1. The van der Waals surface area contributed by atoms with Crippen LogP contribution >= 0.6 is 0 Å². The van der Waals surface area contributed by atoms with Crippen molar-refractivity contribution in [3.05, 3.63) is 52.7 Å². The minimum Gasteiger partial charge on any atom is -0.361 e. The number of nitrogens with one attached hydrogen (secondary N) is 1. The van der Waals surface area contributed by atoms with Gasteiger partial charge in [-0.2, -0.15) is 0 Å². The molecule has 0 radical (unpaired) electrons. The van der Waals surface area contributed by atoms with E-state index in [4.69, 9.17) is 4.52 Å². The number of nitrogens with zero attached hydrogens (tertiary/aromatic N) is 3. The summed E-state index contributed by atoms with van der Waals surface area (Å²) >= 11 is 0. The topological polar surface area (TPSA) is 61.6 Å². The van der Waals surface area contributed by atoms with E-state index in [0.29, 0.717) is 5.56 Å². The molecule has 2 aromatic rings. The summed E-state index contributed by atoms with van der Waals surface area (Å²) in [6.45, 7) is 10.2. The van der Waals surface area contributed by atoms with Gasteiger partial charge in [-0.05, 0) is 26.8 Å². The van der Waals surface area contributed by atoms with Crippen molar-refractivity contribution in [3.8, 4) is 0 Å². The van der Waals surface area contributed by atoms with Crippen LogP contribution in [0.25, 0.3) is 0 Å². The Labute approximate surface area is 159 Å². The number of hydrogen-bond acceptors (Lipinski definition) is 5. The molecule has 3 rings (SSSR count). The molecular weight excluding hydrogens is 347 g/mol. The molecule has 0 bridgehead atoms. The van der Waals surface area contributed by atoms with Gasteiger partial charge in [0.1, 0.15) is 11.6 Å². The van der Waals surface area contributed by atoms with E-state index < -0.39 is 0 Å². The standard InChI is InChI=1S/C20H27FN4O2/c1-14-18(16(3)27-23-14)13-24-8-10-25(11-9-24)15(2)20(26)22-12-17-6-4-5-7-19(17)21/h4-7,15H,8-13H2,1-3H3,(H,22,26). The highest BCUT2D eigenvalue weighted by atomic mass is 19.1. The highest BCUT2D eigenvalue weighted by Crippen LogP contribution is 2.17. The lowest BCUT2D eigenvalue weighted by Gasteiger charge is -2.37. The Morgan fingerprint density at radius 3 is 2.59 bits per heavy atom. The second-order valence-corrected chi connectivity index (χ2v) is 7.10. The zero-order valence-corrected chi connectivity index (χ0v) is 16.2. The first kappa shape index (κ1) is 19.5. The van der Waals surface area contributed by atoms with Gasteiger partial charge in [0, 0.05) is 50.4 Å². The van der Waals surface area contributed by atoms with Gasteiger partial charge in [-0.25, -0.2) is 4.39 Å². The van der Waals surface area contributed by atoms with E-state index in [0.717, 1.165) is 49.7 Å². The summed E-state index contributed by atoms with van der Waals surface area (Å²) in [6.07, 6.45) is 0. The molecule has 2 heterocycles. The van der Waals surface area contributed by atoms with Crippen LogP contribution in [0.3, 0.4) is 0 Å². The van der Waals surface area contributed by atoms with E-state index in [1.165, 1.54) is 6.07 Å². The summed E-state index contributed by atoms with van der Waals surface area (Å²) in [7, 11) is 0. The molecule has 7 heteroatoms. The van der Waals surface area contributed by atoms with E-state index >= 15 is 0 Å². The maximum Gasteiger partial charge on any atom is 0.237 e. The molecule has 0 saturated carbocycles. The molecule has 146 valence electrons. The van der Waals surface area contributed by atoms with Gasteiger partial charge in [0.25, 0.3) is 0 Å². The summed E-state index contributed by atoms with van der Waals surface area (Å²) in [4.78, 5) is 17.0.